The normalized spacial score (nSPS) is 10.1. The van der Waals surface area contributed by atoms with Crippen LogP contribution in [0.25, 0.3) is 0 Å². The summed E-state index contributed by atoms with van der Waals surface area (Å²) >= 11 is 5.84. The molecule has 0 atom stereocenters. The Balaban J connectivity index is 1.78. The first-order valence-electron chi connectivity index (χ1n) is 7.41. The first kappa shape index (κ1) is 17.8. The highest BCUT2D eigenvalue weighted by Gasteiger charge is 2.15. The van der Waals surface area contributed by atoms with Crippen molar-refractivity contribution >= 4 is 23.5 Å². The maximum absolute atomic E-state index is 12.0. The van der Waals surface area contributed by atoms with Crippen molar-refractivity contribution in [2.24, 2.45) is 0 Å². The average Bonchev–Trinajstić information content (AvgIpc) is 2.60. The topological polar surface area (TPSA) is 64.6 Å². The summed E-state index contributed by atoms with van der Waals surface area (Å²) in [5, 5.41) is 3.15. The SMILES string of the molecule is COc1cc(Cl)ccc1C(=O)OCC(=O)NCCc1ccccc1. The molecule has 126 valence electrons. The molecular formula is C18H18ClNO4. The maximum atomic E-state index is 12.0. The van der Waals surface area contributed by atoms with Gasteiger partial charge in [0.1, 0.15) is 11.3 Å². The second-order valence-electron chi connectivity index (χ2n) is 5.01. The lowest BCUT2D eigenvalue weighted by molar-refractivity contribution is -0.124. The molecule has 0 aromatic heterocycles. The van der Waals surface area contributed by atoms with Gasteiger partial charge in [0.2, 0.25) is 0 Å². The monoisotopic (exact) mass is 347 g/mol. The first-order chi connectivity index (χ1) is 11.6. The van der Waals surface area contributed by atoms with Crippen LogP contribution in [0.5, 0.6) is 5.75 Å². The van der Waals surface area contributed by atoms with Gasteiger partial charge in [-0.15, -0.1) is 0 Å². The van der Waals surface area contributed by atoms with Crippen molar-refractivity contribution < 1.29 is 19.1 Å². The highest BCUT2D eigenvalue weighted by molar-refractivity contribution is 6.30. The molecule has 0 bridgehead atoms. The van der Waals surface area contributed by atoms with E-state index in [1.54, 1.807) is 6.07 Å². The summed E-state index contributed by atoms with van der Waals surface area (Å²) in [6.45, 7) is 0.129. The van der Waals surface area contributed by atoms with Crippen LogP contribution < -0.4 is 10.1 Å². The molecular weight excluding hydrogens is 330 g/mol. The predicted molar refractivity (Wildman–Crippen MR) is 91.4 cm³/mol. The van der Waals surface area contributed by atoms with Gasteiger partial charge in [0.05, 0.1) is 7.11 Å². The molecule has 0 heterocycles. The minimum Gasteiger partial charge on any atom is -0.496 e. The summed E-state index contributed by atoms with van der Waals surface area (Å²) in [7, 11) is 1.43. The van der Waals surface area contributed by atoms with Crippen LogP contribution in [0.2, 0.25) is 5.02 Å². The van der Waals surface area contributed by atoms with Gasteiger partial charge in [-0.3, -0.25) is 4.79 Å². The molecule has 2 rings (SSSR count). The fourth-order valence-corrected chi connectivity index (χ4v) is 2.25. The molecule has 1 amide bonds. The van der Waals surface area contributed by atoms with Gasteiger partial charge < -0.3 is 14.8 Å². The van der Waals surface area contributed by atoms with Crippen LogP contribution in [0, 0.1) is 0 Å². The van der Waals surface area contributed by atoms with E-state index in [1.807, 2.05) is 30.3 Å². The summed E-state index contributed by atoms with van der Waals surface area (Å²) < 4.78 is 10.1. The zero-order valence-corrected chi connectivity index (χ0v) is 14.0. The molecule has 0 aliphatic heterocycles. The highest BCUT2D eigenvalue weighted by atomic mass is 35.5. The second-order valence-corrected chi connectivity index (χ2v) is 5.44. The number of amides is 1. The number of hydrogen-bond acceptors (Lipinski definition) is 4. The van der Waals surface area contributed by atoms with Gasteiger partial charge in [-0.1, -0.05) is 41.9 Å². The predicted octanol–water partition coefficient (Wildman–Crippen LogP) is 2.86. The molecule has 2 aromatic carbocycles. The first-order valence-corrected chi connectivity index (χ1v) is 7.79. The van der Waals surface area contributed by atoms with E-state index in [9.17, 15) is 9.59 Å². The third-order valence-corrected chi connectivity index (χ3v) is 3.53. The molecule has 0 spiro atoms. The maximum Gasteiger partial charge on any atom is 0.342 e. The Morgan fingerprint density at radius 3 is 2.58 bits per heavy atom. The van der Waals surface area contributed by atoms with Crippen molar-refractivity contribution in [1.82, 2.24) is 5.32 Å². The molecule has 0 aliphatic rings. The standard InChI is InChI=1S/C18H18ClNO4/c1-23-16-11-14(19)7-8-15(16)18(22)24-12-17(21)20-10-9-13-5-3-2-4-6-13/h2-8,11H,9-10,12H2,1H3,(H,20,21). The molecule has 0 saturated heterocycles. The molecule has 0 aliphatic carbocycles. The molecule has 0 fully saturated rings. The van der Waals surface area contributed by atoms with Crippen LogP contribution in [-0.4, -0.2) is 32.1 Å². The van der Waals surface area contributed by atoms with E-state index in [0.29, 0.717) is 23.7 Å². The molecule has 6 heteroatoms. The van der Waals surface area contributed by atoms with E-state index in [1.165, 1.54) is 19.2 Å². The molecule has 0 radical (unpaired) electrons. The zero-order chi connectivity index (χ0) is 17.4. The second kappa shape index (κ2) is 8.93. The Labute approximate surface area is 145 Å². The van der Waals surface area contributed by atoms with E-state index in [4.69, 9.17) is 21.1 Å². The fraction of sp³-hybridized carbons (Fsp3) is 0.222. The number of nitrogens with one attached hydrogen (secondary N) is 1. The molecule has 1 N–H and O–H groups in total. The number of methoxy groups -OCH3 is 1. The minimum absolute atomic E-state index is 0.221. The van der Waals surface area contributed by atoms with Crippen molar-refractivity contribution in [2.45, 2.75) is 6.42 Å². The van der Waals surface area contributed by atoms with E-state index in [0.717, 1.165) is 5.56 Å². The van der Waals surface area contributed by atoms with Crippen LogP contribution in [0.1, 0.15) is 15.9 Å². The summed E-state index contributed by atoms with van der Waals surface area (Å²) in [5.74, 6) is -0.689. The van der Waals surface area contributed by atoms with Crippen molar-refractivity contribution in [2.75, 3.05) is 20.3 Å². The number of esters is 1. The molecule has 5 nitrogen and oxygen atoms in total. The Morgan fingerprint density at radius 2 is 1.88 bits per heavy atom. The number of benzene rings is 2. The Kier molecular flexibility index (Phi) is 6.63. The Morgan fingerprint density at radius 1 is 1.12 bits per heavy atom. The summed E-state index contributed by atoms with van der Waals surface area (Å²) in [6.07, 6.45) is 0.714. The van der Waals surface area contributed by atoms with Gasteiger partial charge >= 0.3 is 5.97 Å². The van der Waals surface area contributed by atoms with Gasteiger partial charge in [-0.25, -0.2) is 4.79 Å². The lowest BCUT2D eigenvalue weighted by atomic mass is 10.1. The lowest BCUT2D eigenvalue weighted by Crippen LogP contribution is -2.30. The average molecular weight is 348 g/mol. The minimum atomic E-state index is -0.637. The van der Waals surface area contributed by atoms with Gasteiger partial charge in [0, 0.05) is 11.6 Å². The number of halogens is 1. The van der Waals surface area contributed by atoms with Gasteiger partial charge in [-0.05, 0) is 30.2 Å². The van der Waals surface area contributed by atoms with Crippen LogP contribution in [0.15, 0.2) is 48.5 Å². The molecule has 0 unspecified atom stereocenters. The Hall–Kier alpha value is -2.53. The Bertz CT molecular complexity index is 703. The van der Waals surface area contributed by atoms with Crippen LogP contribution in [0.4, 0.5) is 0 Å². The number of ether oxygens (including phenoxy) is 2. The van der Waals surface area contributed by atoms with Crippen molar-refractivity contribution in [3.63, 3.8) is 0 Å². The lowest BCUT2D eigenvalue weighted by Gasteiger charge is -2.09. The van der Waals surface area contributed by atoms with E-state index >= 15 is 0 Å². The van der Waals surface area contributed by atoms with Crippen molar-refractivity contribution in [3.05, 3.63) is 64.7 Å². The largest absolute Gasteiger partial charge is 0.496 e. The number of hydrogen-bond donors (Lipinski definition) is 1. The zero-order valence-electron chi connectivity index (χ0n) is 13.3. The third-order valence-electron chi connectivity index (χ3n) is 3.30. The number of carbonyl (C=O) groups is 2. The summed E-state index contributed by atoms with van der Waals surface area (Å²) in [6, 6.07) is 14.4. The summed E-state index contributed by atoms with van der Waals surface area (Å²) in [4.78, 5) is 23.7. The van der Waals surface area contributed by atoms with Crippen LogP contribution in [-0.2, 0) is 16.0 Å². The van der Waals surface area contributed by atoms with Gasteiger partial charge in [0.25, 0.3) is 5.91 Å². The molecule has 24 heavy (non-hydrogen) atoms. The van der Waals surface area contributed by atoms with E-state index in [-0.39, 0.29) is 18.1 Å². The number of carbonyl (C=O) groups excluding carboxylic acids is 2. The van der Waals surface area contributed by atoms with Crippen LogP contribution in [0.3, 0.4) is 0 Å². The van der Waals surface area contributed by atoms with Gasteiger partial charge in [0.15, 0.2) is 6.61 Å². The van der Waals surface area contributed by atoms with E-state index < -0.39 is 5.97 Å². The van der Waals surface area contributed by atoms with Crippen molar-refractivity contribution in [3.8, 4) is 5.75 Å². The third kappa shape index (κ3) is 5.28. The van der Waals surface area contributed by atoms with Crippen molar-refractivity contribution in [1.29, 1.82) is 0 Å². The van der Waals surface area contributed by atoms with E-state index in [2.05, 4.69) is 5.32 Å². The fourth-order valence-electron chi connectivity index (χ4n) is 2.08. The highest BCUT2D eigenvalue weighted by Crippen LogP contribution is 2.23. The van der Waals surface area contributed by atoms with Gasteiger partial charge in [-0.2, -0.15) is 0 Å². The summed E-state index contributed by atoms with van der Waals surface area (Å²) in [5.41, 5.74) is 1.35. The number of rotatable bonds is 7. The molecule has 0 saturated carbocycles. The quantitative estimate of drug-likeness (QED) is 0.782. The smallest absolute Gasteiger partial charge is 0.342 e. The van der Waals surface area contributed by atoms with Crippen LogP contribution >= 0.6 is 11.6 Å². The molecule has 2 aromatic rings.